The zero-order chi connectivity index (χ0) is 18.4. The van der Waals surface area contributed by atoms with Crippen LogP contribution in [0.4, 0.5) is 0 Å². The number of benzene rings is 2. The highest BCUT2D eigenvalue weighted by Crippen LogP contribution is 2.26. The number of hydrogen-bond acceptors (Lipinski definition) is 5. The van der Waals surface area contributed by atoms with Crippen molar-refractivity contribution in [2.45, 2.75) is 6.61 Å². The van der Waals surface area contributed by atoms with E-state index in [4.69, 9.17) is 14.2 Å². The Morgan fingerprint density at radius 3 is 2.50 bits per heavy atom. The highest BCUT2D eigenvalue weighted by molar-refractivity contribution is 5.91. The molecule has 5 nitrogen and oxygen atoms in total. The predicted octanol–water partition coefficient (Wildman–Crippen LogP) is 4.12. The lowest BCUT2D eigenvalue weighted by atomic mass is 10.1. The quantitative estimate of drug-likeness (QED) is 0.627. The van der Waals surface area contributed by atoms with Gasteiger partial charge in [-0.25, -0.2) is 9.78 Å². The molecule has 0 radical (unpaired) electrons. The molecule has 0 unspecified atom stereocenters. The van der Waals surface area contributed by atoms with Crippen molar-refractivity contribution in [2.24, 2.45) is 0 Å². The molecule has 0 aliphatic rings. The lowest BCUT2D eigenvalue weighted by Gasteiger charge is -2.10. The summed E-state index contributed by atoms with van der Waals surface area (Å²) in [6.45, 7) is 0.357. The first-order chi connectivity index (χ1) is 12.7. The Hall–Kier alpha value is -3.34. The number of esters is 1. The zero-order valence-electron chi connectivity index (χ0n) is 14.6. The van der Waals surface area contributed by atoms with Crippen molar-refractivity contribution in [1.29, 1.82) is 0 Å². The van der Waals surface area contributed by atoms with E-state index in [9.17, 15) is 4.79 Å². The van der Waals surface area contributed by atoms with Crippen LogP contribution in [0, 0.1) is 0 Å². The zero-order valence-corrected chi connectivity index (χ0v) is 14.6. The van der Waals surface area contributed by atoms with Crippen LogP contribution in [0.3, 0.4) is 0 Å². The molecule has 0 saturated carbocycles. The van der Waals surface area contributed by atoms with Crippen LogP contribution in [0.1, 0.15) is 15.9 Å². The van der Waals surface area contributed by atoms with Crippen LogP contribution in [0.2, 0.25) is 0 Å². The second-order valence-corrected chi connectivity index (χ2v) is 5.58. The van der Waals surface area contributed by atoms with Crippen LogP contribution in [0.15, 0.2) is 66.7 Å². The Morgan fingerprint density at radius 2 is 1.77 bits per heavy atom. The van der Waals surface area contributed by atoms with Crippen molar-refractivity contribution in [3.05, 3.63) is 77.9 Å². The molecule has 0 fully saturated rings. The minimum Gasteiger partial charge on any atom is -0.497 e. The fourth-order valence-corrected chi connectivity index (χ4v) is 2.48. The van der Waals surface area contributed by atoms with Crippen LogP contribution < -0.4 is 9.47 Å². The SMILES string of the molecule is COC(=O)c1cc(OCc2ccccc2)nc(-c2cccc(OC)c2)c1. The molecule has 3 aromatic rings. The number of carbonyl (C=O) groups excluding carboxylic acids is 1. The van der Waals surface area contributed by atoms with Gasteiger partial charge in [-0.05, 0) is 23.8 Å². The van der Waals surface area contributed by atoms with Crippen molar-refractivity contribution in [2.75, 3.05) is 14.2 Å². The summed E-state index contributed by atoms with van der Waals surface area (Å²) >= 11 is 0. The maximum Gasteiger partial charge on any atom is 0.338 e. The minimum atomic E-state index is -0.443. The van der Waals surface area contributed by atoms with Crippen LogP contribution in [0.25, 0.3) is 11.3 Å². The normalized spacial score (nSPS) is 10.2. The molecule has 0 saturated heterocycles. The summed E-state index contributed by atoms with van der Waals surface area (Å²) in [5.74, 6) is 0.621. The van der Waals surface area contributed by atoms with E-state index in [-0.39, 0.29) is 0 Å². The second kappa shape index (κ2) is 8.16. The van der Waals surface area contributed by atoms with Gasteiger partial charge in [0.25, 0.3) is 0 Å². The predicted molar refractivity (Wildman–Crippen MR) is 98.3 cm³/mol. The molecular weight excluding hydrogens is 330 g/mol. The number of nitrogens with zero attached hydrogens (tertiary/aromatic N) is 1. The van der Waals surface area contributed by atoms with Crippen molar-refractivity contribution < 1.29 is 19.0 Å². The summed E-state index contributed by atoms with van der Waals surface area (Å²) in [6, 6.07) is 20.5. The molecule has 0 bridgehead atoms. The molecule has 26 heavy (non-hydrogen) atoms. The third kappa shape index (κ3) is 4.19. The minimum absolute atomic E-state index is 0.356. The van der Waals surface area contributed by atoms with Crippen LogP contribution >= 0.6 is 0 Å². The largest absolute Gasteiger partial charge is 0.497 e. The molecule has 1 aromatic heterocycles. The summed E-state index contributed by atoms with van der Waals surface area (Å²) < 4.78 is 15.9. The number of hydrogen-bond donors (Lipinski definition) is 0. The lowest BCUT2D eigenvalue weighted by molar-refractivity contribution is 0.0600. The van der Waals surface area contributed by atoms with E-state index in [2.05, 4.69) is 4.98 Å². The maximum atomic E-state index is 12.0. The van der Waals surface area contributed by atoms with Gasteiger partial charge in [-0.15, -0.1) is 0 Å². The van der Waals surface area contributed by atoms with E-state index in [1.807, 2.05) is 54.6 Å². The Morgan fingerprint density at radius 1 is 0.962 bits per heavy atom. The highest BCUT2D eigenvalue weighted by atomic mass is 16.5. The van der Waals surface area contributed by atoms with Gasteiger partial charge in [0, 0.05) is 11.6 Å². The number of carbonyl (C=O) groups is 1. The fraction of sp³-hybridized carbons (Fsp3) is 0.143. The molecule has 0 spiro atoms. The van der Waals surface area contributed by atoms with Crippen LogP contribution in [-0.2, 0) is 11.3 Å². The van der Waals surface area contributed by atoms with Crippen LogP contribution in [-0.4, -0.2) is 25.2 Å². The fourth-order valence-electron chi connectivity index (χ4n) is 2.48. The van der Waals surface area contributed by atoms with Gasteiger partial charge in [0.2, 0.25) is 5.88 Å². The molecular formula is C21H19NO4. The molecule has 132 valence electrons. The van der Waals surface area contributed by atoms with Crippen molar-refractivity contribution in [3.8, 4) is 22.9 Å². The Bertz CT molecular complexity index is 894. The number of methoxy groups -OCH3 is 2. The third-order valence-corrected chi connectivity index (χ3v) is 3.82. The van der Waals surface area contributed by atoms with Crippen molar-refractivity contribution in [3.63, 3.8) is 0 Å². The first kappa shape index (κ1) is 17.5. The molecule has 0 atom stereocenters. The van der Waals surface area contributed by atoms with Gasteiger partial charge in [-0.3, -0.25) is 0 Å². The van der Waals surface area contributed by atoms with Gasteiger partial charge >= 0.3 is 5.97 Å². The smallest absolute Gasteiger partial charge is 0.338 e. The number of pyridine rings is 1. The van der Waals surface area contributed by atoms with Crippen LogP contribution in [0.5, 0.6) is 11.6 Å². The summed E-state index contributed by atoms with van der Waals surface area (Å²) in [6.07, 6.45) is 0. The summed E-state index contributed by atoms with van der Waals surface area (Å²) in [5, 5.41) is 0. The van der Waals surface area contributed by atoms with E-state index in [0.29, 0.717) is 29.5 Å². The molecule has 2 aromatic carbocycles. The van der Waals surface area contributed by atoms with E-state index < -0.39 is 5.97 Å². The Balaban J connectivity index is 1.94. The summed E-state index contributed by atoms with van der Waals surface area (Å²) in [7, 11) is 2.95. The first-order valence-electron chi connectivity index (χ1n) is 8.11. The third-order valence-electron chi connectivity index (χ3n) is 3.82. The van der Waals surface area contributed by atoms with Crippen molar-refractivity contribution >= 4 is 5.97 Å². The lowest BCUT2D eigenvalue weighted by Crippen LogP contribution is -2.05. The molecule has 0 aliphatic carbocycles. The molecule has 0 amide bonds. The molecule has 1 heterocycles. The average molecular weight is 349 g/mol. The molecule has 0 N–H and O–H groups in total. The number of ether oxygens (including phenoxy) is 3. The van der Waals surface area contributed by atoms with Gasteiger partial charge in [0.1, 0.15) is 12.4 Å². The van der Waals surface area contributed by atoms with Gasteiger partial charge in [0.15, 0.2) is 0 Å². The molecule has 5 heteroatoms. The standard InChI is InChI=1S/C21H19NO4/c1-24-18-10-6-9-16(11-18)19-12-17(21(23)25-2)13-20(22-19)26-14-15-7-4-3-5-8-15/h3-13H,14H2,1-2H3. The number of aromatic nitrogens is 1. The van der Waals surface area contributed by atoms with E-state index in [1.54, 1.807) is 19.2 Å². The second-order valence-electron chi connectivity index (χ2n) is 5.58. The molecule has 3 rings (SSSR count). The summed E-state index contributed by atoms with van der Waals surface area (Å²) in [4.78, 5) is 16.5. The van der Waals surface area contributed by atoms with E-state index in [1.165, 1.54) is 7.11 Å². The van der Waals surface area contributed by atoms with Gasteiger partial charge in [0.05, 0.1) is 25.5 Å². The van der Waals surface area contributed by atoms with Gasteiger partial charge < -0.3 is 14.2 Å². The van der Waals surface area contributed by atoms with Gasteiger partial charge in [-0.1, -0.05) is 42.5 Å². The topological polar surface area (TPSA) is 57.7 Å². The number of rotatable bonds is 6. The van der Waals surface area contributed by atoms with E-state index >= 15 is 0 Å². The van der Waals surface area contributed by atoms with Crippen molar-refractivity contribution in [1.82, 2.24) is 4.98 Å². The summed E-state index contributed by atoms with van der Waals surface area (Å²) in [5.41, 5.74) is 2.82. The van der Waals surface area contributed by atoms with E-state index in [0.717, 1.165) is 11.1 Å². The Labute approximate surface area is 152 Å². The Kier molecular flexibility index (Phi) is 5.49. The first-order valence-corrected chi connectivity index (χ1v) is 8.11. The average Bonchev–Trinajstić information content (AvgIpc) is 2.72. The highest BCUT2D eigenvalue weighted by Gasteiger charge is 2.13. The maximum absolute atomic E-state index is 12.0. The molecule has 0 aliphatic heterocycles. The van der Waals surface area contributed by atoms with Gasteiger partial charge in [-0.2, -0.15) is 0 Å². The monoisotopic (exact) mass is 349 g/mol.